The van der Waals surface area contributed by atoms with E-state index in [-0.39, 0.29) is 17.5 Å². The Kier molecular flexibility index (Phi) is 5.57. The second-order valence-corrected chi connectivity index (χ2v) is 7.01. The van der Waals surface area contributed by atoms with E-state index in [1.54, 1.807) is 36.7 Å². The van der Waals surface area contributed by atoms with Gasteiger partial charge in [0.1, 0.15) is 5.56 Å². The Bertz CT molecular complexity index is 1060. The maximum absolute atomic E-state index is 13.0. The third kappa shape index (κ3) is 4.00. The zero-order chi connectivity index (χ0) is 20.2. The highest BCUT2D eigenvalue weighted by molar-refractivity contribution is 5.97. The van der Waals surface area contributed by atoms with Crippen molar-refractivity contribution in [3.8, 4) is 5.75 Å². The van der Waals surface area contributed by atoms with Crippen molar-refractivity contribution in [3.63, 3.8) is 0 Å². The van der Waals surface area contributed by atoms with Gasteiger partial charge in [0.2, 0.25) is 0 Å². The molecule has 1 N–H and O–H groups in total. The van der Waals surface area contributed by atoms with E-state index >= 15 is 0 Å². The molecule has 7 heteroatoms. The Balaban J connectivity index is 1.67. The van der Waals surface area contributed by atoms with Gasteiger partial charge in [-0.05, 0) is 42.5 Å². The first-order valence-electron chi connectivity index (χ1n) is 9.57. The van der Waals surface area contributed by atoms with Crippen molar-refractivity contribution in [1.82, 2.24) is 10.3 Å². The van der Waals surface area contributed by atoms with Crippen LogP contribution in [0.3, 0.4) is 0 Å². The summed E-state index contributed by atoms with van der Waals surface area (Å²) < 4.78 is 16.1. The van der Waals surface area contributed by atoms with Crippen LogP contribution in [0.5, 0.6) is 5.75 Å². The van der Waals surface area contributed by atoms with Crippen LogP contribution in [0.1, 0.15) is 34.8 Å². The van der Waals surface area contributed by atoms with Gasteiger partial charge in [0.05, 0.1) is 13.2 Å². The summed E-state index contributed by atoms with van der Waals surface area (Å²) in [5.74, 6) is 0.176. The lowest BCUT2D eigenvalue weighted by Crippen LogP contribution is -2.37. The summed E-state index contributed by atoms with van der Waals surface area (Å²) in [6.07, 6.45) is 5.08. The fourth-order valence-electron chi connectivity index (χ4n) is 3.74. The van der Waals surface area contributed by atoms with Gasteiger partial charge in [-0.25, -0.2) is 4.79 Å². The van der Waals surface area contributed by atoms with Crippen LogP contribution in [0, 0.1) is 5.92 Å². The zero-order valence-electron chi connectivity index (χ0n) is 16.1. The molecular weight excluding hydrogens is 372 g/mol. The molecule has 1 aromatic carbocycles. The summed E-state index contributed by atoms with van der Waals surface area (Å²) in [5, 5.41) is 3.65. The molecule has 1 fully saturated rings. The number of carbonyl (C=O) groups excluding carboxylic acids is 1. The highest BCUT2D eigenvalue weighted by atomic mass is 16.5. The number of rotatable bonds is 5. The lowest BCUT2D eigenvalue weighted by molar-refractivity contribution is 0.0513. The van der Waals surface area contributed by atoms with Crippen molar-refractivity contribution in [2.24, 2.45) is 5.92 Å². The number of methoxy groups -OCH3 is 1. The number of fused-ring (bicyclic) bond motifs is 1. The first-order chi connectivity index (χ1) is 14.2. The number of hydrogen-bond acceptors (Lipinski definition) is 6. The van der Waals surface area contributed by atoms with Crippen LogP contribution < -0.4 is 15.7 Å². The van der Waals surface area contributed by atoms with Crippen molar-refractivity contribution in [3.05, 3.63) is 70.3 Å². The lowest BCUT2D eigenvalue weighted by Gasteiger charge is -2.31. The smallest absolute Gasteiger partial charge is 0.349 e. The van der Waals surface area contributed by atoms with Gasteiger partial charge in [-0.15, -0.1) is 0 Å². The zero-order valence-corrected chi connectivity index (χ0v) is 16.1. The van der Waals surface area contributed by atoms with Gasteiger partial charge < -0.3 is 19.2 Å². The van der Waals surface area contributed by atoms with Crippen molar-refractivity contribution in [2.45, 2.75) is 18.9 Å². The number of benzene rings is 1. The third-order valence-corrected chi connectivity index (χ3v) is 5.26. The molecule has 1 aliphatic heterocycles. The summed E-state index contributed by atoms with van der Waals surface area (Å²) in [6.45, 7) is 1.30. The van der Waals surface area contributed by atoms with Crippen LogP contribution in [0.2, 0.25) is 0 Å². The van der Waals surface area contributed by atoms with Gasteiger partial charge in [-0.3, -0.25) is 9.78 Å². The molecule has 1 atom stereocenters. The first-order valence-corrected chi connectivity index (χ1v) is 9.57. The van der Waals surface area contributed by atoms with Gasteiger partial charge >= 0.3 is 5.63 Å². The summed E-state index contributed by atoms with van der Waals surface area (Å²) in [5.41, 5.74) is 0.493. The average Bonchev–Trinajstić information content (AvgIpc) is 2.77. The molecule has 0 bridgehead atoms. The minimum atomic E-state index is -0.698. The minimum absolute atomic E-state index is 0.0355. The van der Waals surface area contributed by atoms with E-state index in [1.165, 1.54) is 7.11 Å². The average molecular weight is 394 g/mol. The van der Waals surface area contributed by atoms with Gasteiger partial charge in [0.15, 0.2) is 11.3 Å². The number of pyridine rings is 1. The second-order valence-electron chi connectivity index (χ2n) is 7.01. The number of aromatic nitrogens is 1. The van der Waals surface area contributed by atoms with E-state index in [0.29, 0.717) is 29.9 Å². The summed E-state index contributed by atoms with van der Waals surface area (Å²) in [7, 11) is 1.50. The lowest BCUT2D eigenvalue weighted by atomic mass is 9.87. The molecule has 0 spiro atoms. The molecule has 3 aromatic rings. The van der Waals surface area contributed by atoms with Gasteiger partial charge in [0, 0.05) is 31.0 Å². The molecule has 1 aliphatic rings. The quantitative estimate of drug-likeness (QED) is 0.669. The van der Waals surface area contributed by atoms with Gasteiger partial charge in [-0.2, -0.15) is 0 Å². The normalized spacial score (nSPS) is 15.8. The molecule has 1 amide bonds. The molecule has 0 saturated carbocycles. The van der Waals surface area contributed by atoms with E-state index in [0.717, 1.165) is 18.4 Å². The van der Waals surface area contributed by atoms with Crippen LogP contribution in [0.4, 0.5) is 0 Å². The standard InChI is InChI=1S/C22H22N2O5/c1-27-18-6-2-4-15-12-17(22(26)29-20(15)18)21(25)24-19(14-7-10-28-11-8-14)16-5-3-9-23-13-16/h2-6,9,12-14,19H,7-8,10-11H2,1H3,(H,24,25). The highest BCUT2D eigenvalue weighted by Crippen LogP contribution is 2.30. The van der Waals surface area contributed by atoms with Crippen LogP contribution in [-0.4, -0.2) is 31.2 Å². The third-order valence-electron chi connectivity index (χ3n) is 5.26. The van der Waals surface area contributed by atoms with E-state index in [4.69, 9.17) is 13.9 Å². The molecule has 0 radical (unpaired) electrons. The topological polar surface area (TPSA) is 90.7 Å². The van der Waals surface area contributed by atoms with Crippen molar-refractivity contribution < 1.29 is 18.7 Å². The molecular formula is C22H22N2O5. The Morgan fingerprint density at radius 2 is 2.07 bits per heavy atom. The predicted octanol–water partition coefficient (Wildman–Crippen LogP) is 3.09. The van der Waals surface area contributed by atoms with Crippen molar-refractivity contribution in [1.29, 1.82) is 0 Å². The molecule has 29 heavy (non-hydrogen) atoms. The Morgan fingerprint density at radius 1 is 1.24 bits per heavy atom. The Hall–Kier alpha value is -3.19. The van der Waals surface area contributed by atoms with Crippen LogP contribution in [0.25, 0.3) is 11.0 Å². The maximum Gasteiger partial charge on any atom is 0.349 e. The fourth-order valence-corrected chi connectivity index (χ4v) is 3.74. The predicted molar refractivity (Wildman–Crippen MR) is 107 cm³/mol. The number of ether oxygens (including phenoxy) is 2. The van der Waals surface area contributed by atoms with Crippen LogP contribution >= 0.6 is 0 Å². The molecule has 3 heterocycles. The van der Waals surface area contributed by atoms with E-state index in [1.807, 2.05) is 12.1 Å². The summed E-state index contributed by atoms with van der Waals surface area (Å²) >= 11 is 0. The number of nitrogens with zero attached hydrogens (tertiary/aromatic N) is 1. The number of nitrogens with one attached hydrogen (secondary N) is 1. The van der Waals surface area contributed by atoms with Crippen molar-refractivity contribution >= 4 is 16.9 Å². The SMILES string of the molecule is COc1cccc2cc(C(=O)NC(c3cccnc3)C3CCOCC3)c(=O)oc12. The summed E-state index contributed by atoms with van der Waals surface area (Å²) in [6, 6.07) is 10.3. The Morgan fingerprint density at radius 3 is 2.79 bits per heavy atom. The van der Waals surface area contributed by atoms with Gasteiger partial charge in [-0.1, -0.05) is 18.2 Å². The van der Waals surface area contributed by atoms with Crippen LogP contribution in [-0.2, 0) is 4.74 Å². The monoisotopic (exact) mass is 394 g/mol. The van der Waals surface area contributed by atoms with E-state index in [2.05, 4.69) is 10.3 Å². The fraction of sp³-hybridized carbons (Fsp3) is 0.318. The molecule has 1 saturated heterocycles. The van der Waals surface area contributed by atoms with Crippen molar-refractivity contribution in [2.75, 3.05) is 20.3 Å². The molecule has 2 aromatic heterocycles. The first kappa shape index (κ1) is 19.1. The molecule has 7 nitrogen and oxygen atoms in total. The van der Waals surface area contributed by atoms with Gasteiger partial charge in [0.25, 0.3) is 5.91 Å². The highest BCUT2D eigenvalue weighted by Gasteiger charge is 2.28. The molecule has 0 aliphatic carbocycles. The Labute approximate surface area is 167 Å². The van der Waals surface area contributed by atoms with E-state index in [9.17, 15) is 9.59 Å². The second kappa shape index (κ2) is 8.45. The molecule has 150 valence electrons. The number of para-hydroxylation sites is 1. The molecule has 1 unspecified atom stereocenters. The summed E-state index contributed by atoms with van der Waals surface area (Å²) in [4.78, 5) is 29.7. The largest absolute Gasteiger partial charge is 0.493 e. The number of carbonyl (C=O) groups is 1. The number of hydrogen-bond donors (Lipinski definition) is 1. The molecule has 4 rings (SSSR count). The number of amides is 1. The van der Waals surface area contributed by atoms with Crippen LogP contribution in [0.15, 0.2) is 58.0 Å². The maximum atomic E-state index is 13.0. The minimum Gasteiger partial charge on any atom is -0.493 e. The van der Waals surface area contributed by atoms with E-state index < -0.39 is 11.5 Å².